The van der Waals surface area contributed by atoms with Gasteiger partial charge in [-0.15, -0.1) is 0 Å². The molecule has 146 valence electrons. The molecule has 4 rings (SSSR count). The van der Waals surface area contributed by atoms with Crippen molar-refractivity contribution in [1.82, 2.24) is 14.5 Å². The van der Waals surface area contributed by atoms with Crippen molar-refractivity contribution in [2.24, 2.45) is 5.92 Å². The molecule has 2 aromatic heterocycles. The molecule has 1 saturated heterocycles. The van der Waals surface area contributed by atoms with Crippen LogP contribution in [0, 0.1) is 5.92 Å². The van der Waals surface area contributed by atoms with Crippen LogP contribution in [0.4, 0.5) is 8.78 Å². The number of likely N-dealkylation sites (tertiary alicyclic amines) is 1. The highest BCUT2D eigenvalue weighted by Crippen LogP contribution is 2.40. The molecule has 0 spiro atoms. The number of aryl methyl sites for hydroxylation is 1. The van der Waals surface area contributed by atoms with Crippen molar-refractivity contribution >= 4 is 16.9 Å². The molecule has 0 bridgehead atoms. The molecule has 1 N–H and O–H groups in total. The maximum absolute atomic E-state index is 13.4. The van der Waals surface area contributed by atoms with Crippen LogP contribution >= 0.6 is 0 Å². The lowest BCUT2D eigenvalue weighted by Crippen LogP contribution is -2.54. The van der Waals surface area contributed by atoms with Crippen LogP contribution < -0.4 is 0 Å². The maximum Gasteiger partial charge on any atom is 0.278 e. The summed E-state index contributed by atoms with van der Waals surface area (Å²) in [7, 11) is 0. The Balaban J connectivity index is 1.45. The summed E-state index contributed by atoms with van der Waals surface area (Å²) < 4.78 is 28.3. The Labute approximate surface area is 157 Å². The largest absolute Gasteiger partial charge is 0.389 e. The second kappa shape index (κ2) is 7.19. The molecule has 27 heavy (non-hydrogen) atoms. The molecule has 7 heteroatoms. The number of rotatable bonds is 4. The predicted molar refractivity (Wildman–Crippen MR) is 97.4 cm³/mol. The molecule has 0 radical (unpaired) electrons. The van der Waals surface area contributed by atoms with E-state index in [1.54, 1.807) is 23.2 Å². The summed E-state index contributed by atoms with van der Waals surface area (Å²) in [5.41, 5.74) is -0.240. The average molecular weight is 377 g/mol. The van der Waals surface area contributed by atoms with Crippen molar-refractivity contribution < 1.29 is 18.7 Å². The second-order valence-corrected chi connectivity index (χ2v) is 7.82. The first-order valence-electron chi connectivity index (χ1n) is 9.70. The van der Waals surface area contributed by atoms with E-state index in [4.69, 9.17) is 0 Å². The third kappa shape index (κ3) is 3.45. The van der Waals surface area contributed by atoms with Crippen molar-refractivity contribution in [3.63, 3.8) is 0 Å². The molecule has 5 nitrogen and oxygen atoms in total. The van der Waals surface area contributed by atoms with Gasteiger partial charge in [-0.25, -0.2) is 13.8 Å². The van der Waals surface area contributed by atoms with E-state index < -0.39 is 12.0 Å². The fraction of sp³-hybridized carbons (Fsp3) is 0.600. The highest BCUT2D eigenvalue weighted by Gasteiger charge is 2.43. The Morgan fingerprint density at radius 2 is 2.22 bits per heavy atom. The lowest BCUT2D eigenvalue weighted by molar-refractivity contribution is -0.143. The average Bonchev–Trinajstić information content (AvgIpc) is 3.04. The van der Waals surface area contributed by atoms with Crippen LogP contribution in [0.1, 0.15) is 50.6 Å². The minimum Gasteiger partial charge on any atom is -0.389 e. The number of pyridine rings is 1. The maximum atomic E-state index is 13.4. The number of fused-ring (bicyclic) bond motifs is 2. The zero-order chi connectivity index (χ0) is 19.0. The van der Waals surface area contributed by atoms with Gasteiger partial charge in [-0.2, -0.15) is 0 Å². The van der Waals surface area contributed by atoms with Gasteiger partial charge in [-0.1, -0.05) is 12.8 Å². The van der Waals surface area contributed by atoms with Gasteiger partial charge in [-0.05, 0) is 37.5 Å². The van der Waals surface area contributed by atoms with Crippen LogP contribution in [0.15, 0.2) is 24.4 Å². The summed E-state index contributed by atoms with van der Waals surface area (Å²) in [5, 5.41) is 11.4. The van der Waals surface area contributed by atoms with E-state index in [2.05, 4.69) is 4.98 Å². The summed E-state index contributed by atoms with van der Waals surface area (Å²) in [6.07, 6.45) is 3.63. The minimum absolute atomic E-state index is 0.0411. The Kier molecular flexibility index (Phi) is 4.88. The lowest BCUT2D eigenvalue weighted by Gasteiger charge is -2.47. The predicted octanol–water partition coefficient (Wildman–Crippen LogP) is 3.52. The Hall–Kier alpha value is -2.02. The first-order valence-corrected chi connectivity index (χ1v) is 9.70. The summed E-state index contributed by atoms with van der Waals surface area (Å²) in [5.74, 6) is 0.0928. The van der Waals surface area contributed by atoms with E-state index in [9.17, 15) is 18.7 Å². The van der Waals surface area contributed by atoms with Gasteiger partial charge in [-0.3, -0.25) is 4.79 Å². The third-order valence-corrected chi connectivity index (χ3v) is 6.24. The monoisotopic (exact) mass is 377 g/mol. The van der Waals surface area contributed by atoms with Gasteiger partial charge in [0, 0.05) is 43.6 Å². The van der Waals surface area contributed by atoms with Gasteiger partial charge < -0.3 is 14.6 Å². The molecular formula is C20H25F2N3O2. The van der Waals surface area contributed by atoms with Crippen LogP contribution in [0.2, 0.25) is 0 Å². The number of carbonyl (C=O) groups is 1. The molecule has 3 heterocycles. The molecule has 1 aliphatic heterocycles. The molecule has 2 aliphatic rings. The number of carbonyl (C=O) groups excluding carboxylic acids is 1. The normalized spacial score (nSPS) is 25.8. The third-order valence-electron chi connectivity index (χ3n) is 6.24. The molecule has 2 aromatic rings. The number of amides is 1. The summed E-state index contributed by atoms with van der Waals surface area (Å²) >= 11 is 0. The van der Waals surface area contributed by atoms with Crippen LogP contribution in [-0.4, -0.2) is 44.2 Å². The van der Waals surface area contributed by atoms with E-state index >= 15 is 0 Å². The molecule has 1 amide bonds. The topological polar surface area (TPSA) is 58.4 Å². The van der Waals surface area contributed by atoms with Gasteiger partial charge in [0.2, 0.25) is 5.91 Å². The van der Waals surface area contributed by atoms with E-state index in [1.165, 1.54) is 10.6 Å². The van der Waals surface area contributed by atoms with Crippen molar-refractivity contribution in [2.75, 3.05) is 13.1 Å². The standard InChI is InChI=1S/C20H25F2N3O2/c21-18(22)16-12-14-4-3-9-23-19(14)25(16)10-6-17(26)24-11-8-20(27)7-2-1-5-15(20)13-24/h3-4,9,12,15,18,27H,1-2,5-8,10-11,13H2. The minimum atomic E-state index is -2.61. The number of hydrogen-bond acceptors (Lipinski definition) is 3. The molecule has 2 atom stereocenters. The van der Waals surface area contributed by atoms with Crippen LogP contribution in [0.25, 0.3) is 11.0 Å². The second-order valence-electron chi connectivity index (χ2n) is 7.82. The SMILES string of the molecule is O=C(CCn1c(C(F)F)cc2cccnc21)N1CCC2(O)CCCCC2C1. The highest BCUT2D eigenvalue weighted by molar-refractivity contribution is 5.79. The highest BCUT2D eigenvalue weighted by atomic mass is 19.3. The van der Waals surface area contributed by atoms with E-state index in [-0.39, 0.29) is 30.5 Å². The summed E-state index contributed by atoms with van der Waals surface area (Å²) in [4.78, 5) is 18.7. The Morgan fingerprint density at radius 3 is 3.04 bits per heavy atom. The van der Waals surface area contributed by atoms with E-state index in [0.717, 1.165) is 25.7 Å². The molecule has 1 saturated carbocycles. The van der Waals surface area contributed by atoms with E-state index in [1.807, 2.05) is 0 Å². The quantitative estimate of drug-likeness (QED) is 0.887. The molecule has 2 fully saturated rings. The number of alkyl halides is 2. The smallest absolute Gasteiger partial charge is 0.278 e. The van der Waals surface area contributed by atoms with Crippen molar-refractivity contribution in [1.29, 1.82) is 0 Å². The zero-order valence-corrected chi connectivity index (χ0v) is 15.3. The number of aliphatic hydroxyl groups is 1. The number of halogens is 2. The lowest BCUT2D eigenvalue weighted by atomic mass is 9.71. The van der Waals surface area contributed by atoms with Gasteiger partial charge >= 0.3 is 0 Å². The number of nitrogens with zero attached hydrogens (tertiary/aromatic N) is 3. The summed E-state index contributed by atoms with van der Waals surface area (Å²) in [6, 6.07) is 4.91. The fourth-order valence-electron chi connectivity index (χ4n) is 4.69. The zero-order valence-electron chi connectivity index (χ0n) is 15.3. The van der Waals surface area contributed by atoms with Crippen LogP contribution in [0.5, 0.6) is 0 Å². The van der Waals surface area contributed by atoms with Gasteiger partial charge in [0.1, 0.15) is 5.65 Å². The van der Waals surface area contributed by atoms with Crippen molar-refractivity contribution in [3.05, 3.63) is 30.1 Å². The van der Waals surface area contributed by atoms with Gasteiger partial charge in [0.05, 0.1) is 11.3 Å². The number of hydrogen-bond donors (Lipinski definition) is 1. The molecule has 0 aromatic carbocycles. The van der Waals surface area contributed by atoms with Crippen molar-refractivity contribution in [2.45, 2.75) is 57.1 Å². The van der Waals surface area contributed by atoms with Crippen LogP contribution in [-0.2, 0) is 11.3 Å². The molecule has 1 aliphatic carbocycles. The number of aromatic nitrogens is 2. The first-order chi connectivity index (χ1) is 13.0. The molecule has 2 unspecified atom stereocenters. The van der Waals surface area contributed by atoms with Crippen molar-refractivity contribution in [3.8, 4) is 0 Å². The first kappa shape index (κ1) is 18.3. The van der Waals surface area contributed by atoms with Crippen LogP contribution in [0.3, 0.4) is 0 Å². The Morgan fingerprint density at radius 1 is 1.37 bits per heavy atom. The fourth-order valence-corrected chi connectivity index (χ4v) is 4.69. The van der Waals surface area contributed by atoms with Gasteiger partial charge in [0.15, 0.2) is 0 Å². The summed E-state index contributed by atoms with van der Waals surface area (Å²) in [6.45, 7) is 1.30. The molecular weight excluding hydrogens is 352 g/mol. The number of piperidine rings is 1. The van der Waals surface area contributed by atoms with E-state index in [0.29, 0.717) is 30.5 Å². The Bertz CT molecular complexity index is 838. The van der Waals surface area contributed by atoms with Gasteiger partial charge in [0.25, 0.3) is 6.43 Å².